The Bertz CT molecular complexity index is 703. The van der Waals surface area contributed by atoms with Crippen LogP contribution in [0.2, 0.25) is 0 Å². The van der Waals surface area contributed by atoms with E-state index in [-0.39, 0.29) is 12.0 Å². The summed E-state index contributed by atoms with van der Waals surface area (Å²) in [5, 5.41) is 19.2. The van der Waals surface area contributed by atoms with Crippen molar-refractivity contribution in [2.75, 3.05) is 6.26 Å². The molecule has 2 rings (SSSR count). The SMILES string of the molecule is CSc1cccc(C2(C(=O)O)C=CC(C)=C(C(=O)O)C2)c1C. The van der Waals surface area contributed by atoms with Gasteiger partial charge in [-0.25, -0.2) is 4.79 Å². The fraction of sp³-hybridized carbons (Fsp3) is 0.294. The lowest BCUT2D eigenvalue weighted by molar-refractivity contribution is -0.142. The molecular weight excluding hydrogens is 300 g/mol. The van der Waals surface area contributed by atoms with E-state index in [1.165, 1.54) is 0 Å². The molecule has 22 heavy (non-hydrogen) atoms. The standard InChI is InChI=1S/C17H18O4S/c1-10-7-8-17(16(20)21,9-12(10)15(18)19)13-5-4-6-14(22-3)11(13)2/h4-8H,9H2,1-3H3,(H,18,19)(H,20,21). The molecular formula is C17H18O4S. The highest BCUT2D eigenvalue weighted by molar-refractivity contribution is 7.98. The summed E-state index contributed by atoms with van der Waals surface area (Å²) in [6.45, 7) is 3.57. The second kappa shape index (κ2) is 6.01. The lowest BCUT2D eigenvalue weighted by atomic mass is 9.70. The lowest BCUT2D eigenvalue weighted by Gasteiger charge is -2.32. The molecule has 116 valence electrons. The van der Waals surface area contributed by atoms with Crippen molar-refractivity contribution in [2.24, 2.45) is 0 Å². The van der Waals surface area contributed by atoms with Crippen LogP contribution in [0.15, 0.2) is 46.4 Å². The molecule has 2 N–H and O–H groups in total. The molecule has 5 heteroatoms. The molecule has 1 aliphatic rings. The van der Waals surface area contributed by atoms with Gasteiger partial charge in [0.1, 0.15) is 5.41 Å². The fourth-order valence-corrected chi connectivity index (χ4v) is 3.49. The minimum atomic E-state index is -1.33. The second-order valence-electron chi connectivity index (χ2n) is 5.39. The van der Waals surface area contributed by atoms with E-state index in [4.69, 9.17) is 0 Å². The van der Waals surface area contributed by atoms with Crippen molar-refractivity contribution in [1.82, 2.24) is 0 Å². The summed E-state index contributed by atoms with van der Waals surface area (Å²) in [6, 6.07) is 5.52. The maximum absolute atomic E-state index is 12.0. The normalized spacial score (nSPS) is 21.0. The van der Waals surface area contributed by atoms with Crippen molar-refractivity contribution in [1.29, 1.82) is 0 Å². The Balaban J connectivity index is 2.66. The average molecular weight is 318 g/mol. The van der Waals surface area contributed by atoms with Gasteiger partial charge in [0.2, 0.25) is 0 Å². The Kier molecular flexibility index (Phi) is 4.47. The quantitative estimate of drug-likeness (QED) is 0.832. The Labute approximate surface area is 133 Å². The first-order chi connectivity index (χ1) is 10.3. The summed E-state index contributed by atoms with van der Waals surface area (Å²) in [7, 11) is 0. The summed E-state index contributed by atoms with van der Waals surface area (Å²) in [6.07, 6.45) is 5.11. The molecule has 1 aromatic rings. The number of benzene rings is 1. The Morgan fingerprint density at radius 1 is 1.23 bits per heavy atom. The predicted octanol–water partition coefficient (Wildman–Crippen LogP) is 3.40. The van der Waals surface area contributed by atoms with Gasteiger partial charge in [0.25, 0.3) is 0 Å². The number of thioether (sulfide) groups is 1. The van der Waals surface area contributed by atoms with Gasteiger partial charge in [-0.2, -0.15) is 0 Å². The Morgan fingerprint density at radius 3 is 2.45 bits per heavy atom. The number of hydrogen-bond donors (Lipinski definition) is 2. The van der Waals surface area contributed by atoms with E-state index in [1.54, 1.807) is 36.9 Å². The van der Waals surface area contributed by atoms with Crippen LogP contribution < -0.4 is 0 Å². The molecule has 0 heterocycles. The van der Waals surface area contributed by atoms with Gasteiger partial charge in [-0.1, -0.05) is 24.3 Å². The van der Waals surface area contributed by atoms with Gasteiger partial charge in [-0.05, 0) is 42.9 Å². The van der Waals surface area contributed by atoms with Gasteiger partial charge in [0.15, 0.2) is 0 Å². The van der Waals surface area contributed by atoms with E-state index in [1.807, 2.05) is 25.3 Å². The van der Waals surface area contributed by atoms with E-state index in [2.05, 4.69) is 0 Å². The third kappa shape index (κ3) is 2.57. The summed E-state index contributed by atoms with van der Waals surface area (Å²) in [5.74, 6) is -2.09. The zero-order valence-corrected chi connectivity index (χ0v) is 13.5. The van der Waals surface area contributed by atoms with E-state index in [0.29, 0.717) is 11.1 Å². The molecule has 0 spiro atoms. The zero-order valence-electron chi connectivity index (χ0n) is 12.7. The smallest absolute Gasteiger partial charge is 0.331 e. The largest absolute Gasteiger partial charge is 0.480 e. The van der Waals surface area contributed by atoms with Crippen LogP contribution in [-0.4, -0.2) is 28.4 Å². The molecule has 1 aliphatic carbocycles. The van der Waals surface area contributed by atoms with Crippen LogP contribution in [0.5, 0.6) is 0 Å². The molecule has 1 aromatic carbocycles. The highest BCUT2D eigenvalue weighted by Crippen LogP contribution is 2.41. The molecule has 0 bridgehead atoms. The highest BCUT2D eigenvalue weighted by Gasteiger charge is 2.43. The topological polar surface area (TPSA) is 74.6 Å². The number of rotatable bonds is 4. The molecule has 1 unspecified atom stereocenters. The molecule has 0 radical (unpaired) electrons. The van der Waals surface area contributed by atoms with Crippen LogP contribution in [0.25, 0.3) is 0 Å². The van der Waals surface area contributed by atoms with Crippen molar-refractivity contribution in [2.45, 2.75) is 30.6 Å². The number of carboxylic acids is 2. The van der Waals surface area contributed by atoms with Crippen LogP contribution in [0, 0.1) is 6.92 Å². The summed E-state index contributed by atoms with van der Waals surface area (Å²) < 4.78 is 0. The van der Waals surface area contributed by atoms with Crippen molar-refractivity contribution in [3.63, 3.8) is 0 Å². The number of allylic oxidation sites excluding steroid dienone is 2. The van der Waals surface area contributed by atoms with E-state index < -0.39 is 17.4 Å². The van der Waals surface area contributed by atoms with Crippen molar-refractivity contribution in [3.8, 4) is 0 Å². The van der Waals surface area contributed by atoms with Crippen molar-refractivity contribution >= 4 is 23.7 Å². The van der Waals surface area contributed by atoms with Gasteiger partial charge in [-0.3, -0.25) is 4.79 Å². The Morgan fingerprint density at radius 2 is 1.91 bits per heavy atom. The molecule has 1 atom stereocenters. The van der Waals surface area contributed by atoms with Crippen LogP contribution in [0.3, 0.4) is 0 Å². The van der Waals surface area contributed by atoms with Crippen LogP contribution in [0.4, 0.5) is 0 Å². The highest BCUT2D eigenvalue weighted by atomic mass is 32.2. The molecule has 0 saturated carbocycles. The van der Waals surface area contributed by atoms with E-state index in [9.17, 15) is 19.8 Å². The minimum Gasteiger partial charge on any atom is -0.480 e. The molecule has 0 aliphatic heterocycles. The third-order valence-corrected chi connectivity index (χ3v) is 5.06. The van der Waals surface area contributed by atoms with Gasteiger partial charge in [-0.15, -0.1) is 11.8 Å². The molecule has 4 nitrogen and oxygen atoms in total. The fourth-order valence-electron chi connectivity index (χ4n) is 2.86. The third-order valence-electron chi connectivity index (χ3n) is 4.17. The van der Waals surface area contributed by atoms with Crippen molar-refractivity contribution in [3.05, 3.63) is 52.6 Å². The number of aliphatic carboxylic acids is 2. The predicted molar refractivity (Wildman–Crippen MR) is 86.4 cm³/mol. The number of carboxylic acid groups (broad SMARTS) is 2. The monoisotopic (exact) mass is 318 g/mol. The van der Waals surface area contributed by atoms with E-state index >= 15 is 0 Å². The molecule has 0 saturated heterocycles. The number of carbonyl (C=O) groups is 2. The first kappa shape index (κ1) is 16.4. The Hall–Kier alpha value is -2.01. The molecule has 0 aromatic heterocycles. The average Bonchev–Trinajstić information content (AvgIpc) is 2.48. The summed E-state index contributed by atoms with van der Waals surface area (Å²) in [4.78, 5) is 24.5. The molecule has 0 fully saturated rings. The first-order valence-corrected chi connectivity index (χ1v) is 8.05. The van der Waals surface area contributed by atoms with Crippen LogP contribution in [-0.2, 0) is 15.0 Å². The van der Waals surface area contributed by atoms with Crippen LogP contribution >= 0.6 is 11.8 Å². The zero-order chi connectivity index (χ0) is 16.5. The minimum absolute atomic E-state index is 0.0430. The van der Waals surface area contributed by atoms with Gasteiger partial charge < -0.3 is 10.2 Å². The van der Waals surface area contributed by atoms with Crippen molar-refractivity contribution < 1.29 is 19.8 Å². The van der Waals surface area contributed by atoms with Gasteiger partial charge in [0, 0.05) is 16.9 Å². The lowest BCUT2D eigenvalue weighted by Crippen LogP contribution is -2.37. The number of hydrogen-bond acceptors (Lipinski definition) is 3. The van der Waals surface area contributed by atoms with Gasteiger partial charge >= 0.3 is 11.9 Å². The van der Waals surface area contributed by atoms with E-state index in [0.717, 1.165) is 10.5 Å². The first-order valence-electron chi connectivity index (χ1n) is 6.83. The van der Waals surface area contributed by atoms with Crippen LogP contribution in [0.1, 0.15) is 24.5 Å². The summed E-state index contributed by atoms with van der Waals surface area (Å²) in [5.41, 5.74) is 0.950. The molecule has 0 amide bonds. The maximum atomic E-state index is 12.0. The van der Waals surface area contributed by atoms with Gasteiger partial charge in [0.05, 0.1) is 0 Å². The maximum Gasteiger partial charge on any atom is 0.331 e. The second-order valence-corrected chi connectivity index (χ2v) is 6.23. The summed E-state index contributed by atoms with van der Waals surface area (Å²) >= 11 is 1.55.